The monoisotopic (exact) mass is 361 g/mol. The molecule has 0 aliphatic heterocycles. The quantitative estimate of drug-likeness (QED) is 0.612. The van der Waals surface area contributed by atoms with E-state index in [9.17, 15) is 9.59 Å². The van der Waals surface area contributed by atoms with Crippen molar-refractivity contribution in [1.82, 2.24) is 9.80 Å². The summed E-state index contributed by atoms with van der Waals surface area (Å²) in [5.74, 6) is 0.0493. The molecule has 0 unspecified atom stereocenters. The summed E-state index contributed by atoms with van der Waals surface area (Å²) in [7, 11) is 0. The van der Waals surface area contributed by atoms with Crippen LogP contribution < -0.4 is 5.32 Å². The molecule has 0 spiro atoms. The van der Waals surface area contributed by atoms with Crippen LogP contribution in [0, 0.1) is 0 Å². The first-order valence-corrected chi connectivity index (χ1v) is 9.97. The molecule has 5 heteroatoms. The highest BCUT2D eigenvalue weighted by atomic mass is 16.2. The van der Waals surface area contributed by atoms with E-state index in [1.165, 1.54) is 0 Å². The molecule has 1 rings (SSSR count). The molecule has 0 bridgehead atoms. The highest BCUT2D eigenvalue weighted by Crippen LogP contribution is 2.12. The molecular weight excluding hydrogens is 326 g/mol. The maximum absolute atomic E-state index is 12.6. The van der Waals surface area contributed by atoms with Gasteiger partial charge in [-0.25, -0.2) is 0 Å². The Morgan fingerprint density at radius 1 is 0.808 bits per heavy atom. The lowest BCUT2D eigenvalue weighted by Gasteiger charge is -2.22. The molecule has 0 aromatic heterocycles. The number of hydrogen-bond donors (Lipinski definition) is 1. The van der Waals surface area contributed by atoms with Crippen LogP contribution in [-0.4, -0.2) is 54.3 Å². The van der Waals surface area contributed by atoms with Crippen molar-refractivity contribution in [3.05, 3.63) is 29.8 Å². The molecule has 0 radical (unpaired) electrons. The molecule has 0 saturated heterocycles. The van der Waals surface area contributed by atoms with Crippen molar-refractivity contribution in [2.45, 2.75) is 53.4 Å². The van der Waals surface area contributed by atoms with Crippen LogP contribution in [0.4, 0.5) is 5.69 Å². The molecule has 0 atom stereocenters. The van der Waals surface area contributed by atoms with Gasteiger partial charge in [-0.1, -0.05) is 27.7 Å². The van der Waals surface area contributed by atoms with Crippen molar-refractivity contribution in [2.75, 3.05) is 38.0 Å². The normalized spacial score (nSPS) is 10.8. The summed E-state index contributed by atoms with van der Waals surface area (Å²) in [6.07, 6.45) is 3.98. The average molecular weight is 362 g/mol. The number of benzene rings is 1. The second-order valence-corrected chi connectivity index (χ2v) is 6.69. The molecule has 0 aliphatic carbocycles. The van der Waals surface area contributed by atoms with Gasteiger partial charge in [0.15, 0.2) is 0 Å². The van der Waals surface area contributed by atoms with Gasteiger partial charge in [0, 0.05) is 24.3 Å². The van der Waals surface area contributed by atoms with Gasteiger partial charge in [-0.2, -0.15) is 0 Å². The minimum Gasteiger partial charge on any atom is -0.339 e. The lowest BCUT2D eigenvalue weighted by atomic mass is 10.1. The maximum atomic E-state index is 12.6. The summed E-state index contributed by atoms with van der Waals surface area (Å²) in [6.45, 7) is 12.2. The van der Waals surface area contributed by atoms with E-state index >= 15 is 0 Å². The van der Waals surface area contributed by atoms with Crippen LogP contribution in [0.3, 0.4) is 0 Å². The van der Waals surface area contributed by atoms with E-state index in [1.54, 1.807) is 12.1 Å². The molecule has 5 nitrogen and oxygen atoms in total. The van der Waals surface area contributed by atoms with Gasteiger partial charge in [0.1, 0.15) is 0 Å². The number of nitrogens with one attached hydrogen (secondary N) is 1. The van der Waals surface area contributed by atoms with E-state index in [0.717, 1.165) is 57.5 Å². The number of rotatable bonds is 12. The van der Waals surface area contributed by atoms with Crippen LogP contribution in [-0.2, 0) is 4.79 Å². The fourth-order valence-corrected chi connectivity index (χ4v) is 3.04. The van der Waals surface area contributed by atoms with Crippen molar-refractivity contribution in [3.8, 4) is 0 Å². The van der Waals surface area contributed by atoms with Crippen LogP contribution in [0.15, 0.2) is 24.3 Å². The Kier molecular flexibility index (Phi) is 10.6. The predicted octanol–water partition coefficient (Wildman–Crippen LogP) is 4.01. The zero-order valence-corrected chi connectivity index (χ0v) is 16.9. The zero-order chi connectivity index (χ0) is 19.4. The van der Waals surface area contributed by atoms with Gasteiger partial charge in [0.25, 0.3) is 5.91 Å². The van der Waals surface area contributed by atoms with Crippen LogP contribution in [0.2, 0.25) is 0 Å². The summed E-state index contributed by atoms with van der Waals surface area (Å²) in [6, 6.07) is 7.22. The summed E-state index contributed by atoms with van der Waals surface area (Å²) in [5, 5.41) is 2.93. The van der Waals surface area contributed by atoms with Crippen molar-refractivity contribution < 1.29 is 9.59 Å². The lowest BCUT2D eigenvalue weighted by Crippen LogP contribution is -2.34. The number of nitrogens with zero attached hydrogens (tertiary/aromatic N) is 2. The summed E-state index contributed by atoms with van der Waals surface area (Å²) < 4.78 is 0. The molecule has 26 heavy (non-hydrogen) atoms. The Morgan fingerprint density at radius 2 is 1.31 bits per heavy atom. The third kappa shape index (κ3) is 7.56. The molecule has 1 aromatic carbocycles. The van der Waals surface area contributed by atoms with E-state index in [4.69, 9.17) is 0 Å². The Labute approximate surface area is 158 Å². The SMILES string of the molecule is CCCN(CCC)CC(=O)Nc1ccc(C(=O)N(CCC)CCC)cc1. The molecule has 0 fully saturated rings. The second kappa shape index (κ2) is 12.5. The highest BCUT2D eigenvalue weighted by molar-refractivity contribution is 5.96. The fraction of sp³-hybridized carbons (Fsp3) is 0.619. The van der Waals surface area contributed by atoms with Crippen molar-refractivity contribution in [2.24, 2.45) is 0 Å². The molecule has 0 aliphatic rings. The topological polar surface area (TPSA) is 52.7 Å². The first-order chi connectivity index (χ1) is 12.5. The summed E-state index contributed by atoms with van der Waals surface area (Å²) >= 11 is 0. The molecule has 0 heterocycles. The van der Waals surface area contributed by atoms with Gasteiger partial charge in [-0.15, -0.1) is 0 Å². The third-order valence-electron chi connectivity index (χ3n) is 4.14. The predicted molar refractivity (Wildman–Crippen MR) is 109 cm³/mol. The van der Waals surface area contributed by atoms with E-state index in [2.05, 4.69) is 37.9 Å². The molecule has 0 saturated carbocycles. The number of amides is 2. The van der Waals surface area contributed by atoms with E-state index in [1.807, 2.05) is 17.0 Å². The third-order valence-corrected chi connectivity index (χ3v) is 4.14. The van der Waals surface area contributed by atoms with Gasteiger partial charge in [-0.3, -0.25) is 14.5 Å². The van der Waals surface area contributed by atoms with E-state index < -0.39 is 0 Å². The minimum absolute atomic E-state index is 0.00966. The van der Waals surface area contributed by atoms with Gasteiger partial charge < -0.3 is 10.2 Å². The Morgan fingerprint density at radius 3 is 1.77 bits per heavy atom. The summed E-state index contributed by atoms with van der Waals surface area (Å²) in [4.78, 5) is 28.9. The molecular formula is C21H35N3O2. The van der Waals surface area contributed by atoms with Gasteiger partial charge in [0.05, 0.1) is 6.54 Å². The largest absolute Gasteiger partial charge is 0.339 e. The number of carbonyl (C=O) groups excluding carboxylic acids is 2. The lowest BCUT2D eigenvalue weighted by molar-refractivity contribution is -0.117. The van der Waals surface area contributed by atoms with E-state index in [-0.39, 0.29) is 11.8 Å². The number of anilines is 1. The van der Waals surface area contributed by atoms with Crippen LogP contribution in [0.25, 0.3) is 0 Å². The van der Waals surface area contributed by atoms with Gasteiger partial charge in [-0.05, 0) is 63.0 Å². The smallest absolute Gasteiger partial charge is 0.253 e. The highest BCUT2D eigenvalue weighted by Gasteiger charge is 2.14. The standard InChI is InChI=1S/C21H35N3O2/c1-5-13-23(14-6-2)17-20(25)22-19-11-9-18(10-12-19)21(26)24(15-7-3)16-8-4/h9-12H,5-8,13-17H2,1-4H3,(H,22,25). The fourth-order valence-electron chi connectivity index (χ4n) is 3.04. The van der Waals surface area contributed by atoms with Gasteiger partial charge in [0.2, 0.25) is 5.91 Å². The van der Waals surface area contributed by atoms with E-state index in [0.29, 0.717) is 12.1 Å². The Hall–Kier alpha value is -1.88. The second-order valence-electron chi connectivity index (χ2n) is 6.69. The minimum atomic E-state index is -0.00966. The molecule has 1 N–H and O–H groups in total. The molecule has 1 aromatic rings. The number of hydrogen-bond acceptors (Lipinski definition) is 3. The van der Waals surface area contributed by atoms with Crippen LogP contribution in [0.5, 0.6) is 0 Å². The number of carbonyl (C=O) groups is 2. The van der Waals surface area contributed by atoms with Crippen molar-refractivity contribution in [3.63, 3.8) is 0 Å². The zero-order valence-electron chi connectivity index (χ0n) is 16.9. The molecule has 2 amide bonds. The van der Waals surface area contributed by atoms with Gasteiger partial charge >= 0.3 is 0 Å². The molecule has 146 valence electrons. The first-order valence-electron chi connectivity index (χ1n) is 9.97. The Balaban J connectivity index is 2.65. The van der Waals surface area contributed by atoms with Crippen LogP contribution >= 0.6 is 0 Å². The van der Waals surface area contributed by atoms with Crippen molar-refractivity contribution >= 4 is 17.5 Å². The maximum Gasteiger partial charge on any atom is 0.253 e. The first kappa shape index (κ1) is 22.2. The average Bonchev–Trinajstić information content (AvgIpc) is 2.62. The van der Waals surface area contributed by atoms with Crippen molar-refractivity contribution in [1.29, 1.82) is 0 Å². The van der Waals surface area contributed by atoms with Crippen LogP contribution in [0.1, 0.15) is 63.7 Å². The Bertz CT molecular complexity index is 531. The summed E-state index contributed by atoms with van der Waals surface area (Å²) in [5.41, 5.74) is 1.40.